The molecule has 0 aromatic heterocycles. The Morgan fingerprint density at radius 3 is 2.44 bits per heavy atom. The summed E-state index contributed by atoms with van der Waals surface area (Å²) in [6.45, 7) is 4.63. The number of nitrogens with one attached hydrogen (secondary N) is 1. The predicted molar refractivity (Wildman–Crippen MR) is 76.2 cm³/mol. The average molecular weight is 243 g/mol. The summed E-state index contributed by atoms with van der Waals surface area (Å²) in [4.78, 5) is 0. The molecule has 1 aliphatic carbocycles. The van der Waals surface area contributed by atoms with Gasteiger partial charge in [0.05, 0.1) is 0 Å². The fourth-order valence-electron chi connectivity index (χ4n) is 2.52. The molecule has 1 rings (SSSR count). The van der Waals surface area contributed by atoms with Gasteiger partial charge >= 0.3 is 0 Å². The smallest absolute Gasteiger partial charge is 0.0183 e. The van der Waals surface area contributed by atoms with Crippen LogP contribution in [0, 0.1) is 11.8 Å². The highest BCUT2D eigenvalue weighted by Gasteiger charge is 2.21. The van der Waals surface area contributed by atoms with Crippen LogP contribution in [0.1, 0.15) is 52.4 Å². The molecule has 0 aliphatic heterocycles. The van der Waals surface area contributed by atoms with Crippen LogP contribution in [0.5, 0.6) is 0 Å². The van der Waals surface area contributed by atoms with E-state index >= 15 is 0 Å². The summed E-state index contributed by atoms with van der Waals surface area (Å²) in [6.07, 6.45) is 8.66. The Hall–Kier alpha value is 0.310. The minimum Gasteiger partial charge on any atom is -0.316 e. The molecular weight excluding hydrogens is 214 g/mol. The summed E-state index contributed by atoms with van der Waals surface area (Å²) < 4.78 is 0. The van der Waals surface area contributed by atoms with Crippen molar-refractivity contribution in [3.05, 3.63) is 0 Å². The Morgan fingerprint density at radius 1 is 1.19 bits per heavy atom. The van der Waals surface area contributed by atoms with Crippen molar-refractivity contribution in [3.8, 4) is 0 Å². The predicted octanol–water partition coefficient (Wildman–Crippen LogP) is 3.93. The van der Waals surface area contributed by atoms with Crippen molar-refractivity contribution < 1.29 is 0 Å². The van der Waals surface area contributed by atoms with Crippen LogP contribution in [-0.4, -0.2) is 24.6 Å². The highest BCUT2D eigenvalue weighted by Crippen LogP contribution is 2.28. The van der Waals surface area contributed by atoms with Gasteiger partial charge in [0.2, 0.25) is 0 Å². The van der Waals surface area contributed by atoms with Gasteiger partial charge in [-0.3, -0.25) is 0 Å². The van der Waals surface area contributed by atoms with E-state index in [9.17, 15) is 0 Å². The fourth-order valence-corrected chi connectivity index (χ4v) is 4.02. The standard InChI is InChI=1S/C14H29NS/c1-12(2)9-10-16-11-14(15-3)13-7-5-4-6-8-13/h12-15H,4-11H2,1-3H3. The molecule has 0 spiro atoms. The molecule has 2 heteroatoms. The third-order valence-electron chi connectivity index (χ3n) is 3.73. The Morgan fingerprint density at radius 2 is 1.88 bits per heavy atom. The Labute approximate surface area is 106 Å². The first kappa shape index (κ1) is 14.4. The van der Waals surface area contributed by atoms with Gasteiger partial charge in [0.1, 0.15) is 0 Å². The lowest BCUT2D eigenvalue weighted by atomic mass is 9.84. The van der Waals surface area contributed by atoms with Gasteiger partial charge in [-0.1, -0.05) is 33.1 Å². The van der Waals surface area contributed by atoms with Crippen LogP contribution in [0.2, 0.25) is 0 Å². The van der Waals surface area contributed by atoms with Crippen LogP contribution >= 0.6 is 11.8 Å². The monoisotopic (exact) mass is 243 g/mol. The van der Waals surface area contributed by atoms with Crippen molar-refractivity contribution in [1.29, 1.82) is 0 Å². The molecule has 1 nitrogen and oxygen atoms in total. The summed E-state index contributed by atoms with van der Waals surface area (Å²) in [5.41, 5.74) is 0. The summed E-state index contributed by atoms with van der Waals surface area (Å²) in [5.74, 6) is 4.46. The van der Waals surface area contributed by atoms with Crippen LogP contribution in [0.4, 0.5) is 0 Å². The SMILES string of the molecule is CNC(CSCCC(C)C)C1CCCCC1. The second-order valence-corrected chi connectivity index (χ2v) is 6.70. The molecule has 0 aromatic carbocycles. The molecule has 96 valence electrons. The third kappa shape index (κ3) is 5.58. The second-order valence-electron chi connectivity index (χ2n) is 5.55. The van der Waals surface area contributed by atoms with Crippen LogP contribution < -0.4 is 5.32 Å². The van der Waals surface area contributed by atoms with E-state index in [0.29, 0.717) is 0 Å². The van der Waals surface area contributed by atoms with E-state index < -0.39 is 0 Å². The minimum absolute atomic E-state index is 0.762. The highest BCUT2D eigenvalue weighted by atomic mass is 32.2. The van der Waals surface area contributed by atoms with Gasteiger partial charge in [0, 0.05) is 11.8 Å². The van der Waals surface area contributed by atoms with Gasteiger partial charge in [-0.05, 0) is 43.9 Å². The lowest BCUT2D eigenvalue weighted by Crippen LogP contribution is -2.37. The van der Waals surface area contributed by atoms with E-state index in [1.165, 1.54) is 50.0 Å². The van der Waals surface area contributed by atoms with Gasteiger partial charge < -0.3 is 5.32 Å². The van der Waals surface area contributed by atoms with E-state index in [1.807, 2.05) is 0 Å². The lowest BCUT2D eigenvalue weighted by Gasteiger charge is -2.29. The van der Waals surface area contributed by atoms with Crippen molar-refractivity contribution >= 4 is 11.8 Å². The van der Waals surface area contributed by atoms with Crippen molar-refractivity contribution in [1.82, 2.24) is 5.32 Å². The zero-order valence-electron chi connectivity index (χ0n) is 11.3. The molecule has 0 saturated heterocycles. The quantitative estimate of drug-likeness (QED) is 0.680. The molecule has 1 N–H and O–H groups in total. The molecule has 0 radical (unpaired) electrons. The number of rotatable bonds is 7. The van der Waals surface area contributed by atoms with E-state index in [4.69, 9.17) is 0 Å². The van der Waals surface area contributed by atoms with Crippen molar-refractivity contribution in [2.24, 2.45) is 11.8 Å². The molecule has 0 heterocycles. The lowest BCUT2D eigenvalue weighted by molar-refractivity contribution is 0.294. The molecule has 1 unspecified atom stereocenters. The maximum Gasteiger partial charge on any atom is 0.0183 e. The first-order chi connectivity index (χ1) is 7.74. The van der Waals surface area contributed by atoms with Crippen LogP contribution in [0.15, 0.2) is 0 Å². The normalized spacial score (nSPS) is 20.2. The Kier molecular flexibility index (Phi) is 7.55. The van der Waals surface area contributed by atoms with Crippen molar-refractivity contribution in [2.75, 3.05) is 18.6 Å². The van der Waals surface area contributed by atoms with E-state index in [1.54, 1.807) is 0 Å². The third-order valence-corrected chi connectivity index (χ3v) is 4.85. The molecular formula is C14H29NS. The summed E-state index contributed by atoms with van der Waals surface area (Å²) in [6, 6.07) is 0.762. The first-order valence-electron chi connectivity index (χ1n) is 6.99. The summed E-state index contributed by atoms with van der Waals surface area (Å²) in [5, 5.41) is 3.54. The molecule has 1 atom stereocenters. The molecule has 16 heavy (non-hydrogen) atoms. The van der Waals surface area contributed by atoms with E-state index in [-0.39, 0.29) is 0 Å². The van der Waals surface area contributed by atoms with Gasteiger partial charge in [-0.2, -0.15) is 11.8 Å². The van der Waals surface area contributed by atoms with Gasteiger partial charge in [-0.25, -0.2) is 0 Å². The topological polar surface area (TPSA) is 12.0 Å². The Balaban J connectivity index is 2.15. The summed E-state index contributed by atoms with van der Waals surface area (Å²) in [7, 11) is 2.14. The molecule has 0 bridgehead atoms. The molecule has 1 saturated carbocycles. The van der Waals surface area contributed by atoms with Gasteiger partial charge in [0.15, 0.2) is 0 Å². The second kappa shape index (κ2) is 8.41. The summed E-state index contributed by atoms with van der Waals surface area (Å²) >= 11 is 2.15. The maximum absolute atomic E-state index is 3.54. The molecule has 1 aliphatic rings. The highest BCUT2D eigenvalue weighted by molar-refractivity contribution is 7.99. The van der Waals surface area contributed by atoms with Crippen LogP contribution in [-0.2, 0) is 0 Å². The zero-order chi connectivity index (χ0) is 11.8. The molecule has 1 fully saturated rings. The molecule has 0 aromatic rings. The first-order valence-corrected chi connectivity index (χ1v) is 8.14. The maximum atomic E-state index is 3.54. The van der Waals surface area contributed by atoms with E-state index in [0.717, 1.165) is 17.9 Å². The van der Waals surface area contributed by atoms with Gasteiger partial charge in [0.25, 0.3) is 0 Å². The Bertz CT molecular complexity index is 164. The fraction of sp³-hybridized carbons (Fsp3) is 1.00. The minimum atomic E-state index is 0.762. The molecule has 0 amide bonds. The van der Waals surface area contributed by atoms with Crippen molar-refractivity contribution in [3.63, 3.8) is 0 Å². The van der Waals surface area contributed by atoms with E-state index in [2.05, 4.69) is 38.0 Å². The average Bonchev–Trinajstić information content (AvgIpc) is 2.30. The van der Waals surface area contributed by atoms with Crippen LogP contribution in [0.3, 0.4) is 0 Å². The number of thioether (sulfide) groups is 1. The van der Waals surface area contributed by atoms with Gasteiger partial charge in [-0.15, -0.1) is 0 Å². The number of hydrogen-bond donors (Lipinski definition) is 1. The largest absolute Gasteiger partial charge is 0.316 e. The zero-order valence-corrected chi connectivity index (χ0v) is 12.1. The number of hydrogen-bond acceptors (Lipinski definition) is 2. The van der Waals surface area contributed by atoms with Crippen LogP contribution in [0.25, 0.3) is 0 Å². The van der Waals surface area contributed by atoms with Crippen molar-refractivity contribution in [2.45, 2.75) is 58.4 Å².